The molecule has 98 valence electrons. The summed E-state index contributed by atoms with van der Waals surface area (Å²) in [6.45, 7) is 1.86. The Labute approximate surface area is 114 Å². The van der Waals surface area contributed by atoms with Crippen LogP contribution >= 0.6 is 11.6 Å². The maximum atomic E-state index is 12.4. The number of barbiturate groups is 1. The second-order valence-electron chi connectivity index (χ2n) is 4.94. The fraction of sp³-hybridized carbons (Fsp3) is 0.308. The van der Waals surface area contributed by atoms with Gasteiger partial charge in [-0.1, -0.05) is 17.7 Å². The van der Waals surface area contributed by atoms with Gasteiger partial charge in [0.15, 0.2) is 0 Å². The first kappa shape index (κ1) is 12.2. The van der Waals surface area contributed by atoms with Gasteiger partial charge in [0.1, 0.15) is 5.41 Å². The molecule has 1 aliphatic carbocycles. The number of benzene rings is 1. The van der Waals surface area contributed by atoms with E-state index in [2.05, 4.69) is 5.32 Å². The van der Waals surface area contributed by atoms with Crippen molar-refractivity contribution in [1.82, 2.24) is 5.32 Å². The maximum absolute atomic E-state index is 12.4. The van der Waals surface area contributed by atoms with Crippen LogP contribution in [-0.2, 0) is 9.59 Å². The predicted molar refractivity (Wildman–Crippen MR) is 68.9 cm³/mol. The second-order valence-corrected chi connectivity index (χ2v) is 5.34. The van der Waals surface area contributed by atoms with Gasteiger partial charge in [-0.2, -0.15) is 0 Å². The van der Waals surface area contributed by atoms with E-state index in [-0.39, 0.29) is 0 Å². The fourth-order valence-electron chi connectivity index (χ4n) is 2.25. The standard InChI is InChI=1S/C13H11ClN2O3/c1-7-2-3-9(8(14)6-7)16-11(18)13(4-5-13)10(17)15-12(16)19/h2-3,6H,4-5H2,1H3,(H,15,17,19). The predicted octanol–water partition coefficient (Wildman–Crippen LogP) is 2.01. The van der Waals surface area contributed by atoms with Crippen molar-refractivity contribution in [3.05, 3.63) is 28.8 Å². The molecule has 1 aliphatic heterocycles. The third-order valence-electron chi connectivity index (χ3n) is 3.56. The number of halogens is 1. The lowest BCUT2D eigenvalue weighted by molar-refractivity contribution is -0.136. The molecule has 0 radical (unpaired) electrons. The van der Waals surface area contributed by atoms with E-state index in [0.717, 1.165) is 10.5 Å². The van der Waals surface area contributed by atoms with Crippen LogP contribution < -0.4 is 10.2 Å². The van der Waals surface area contributed by atoms with Crippen LogP contribution in [-0.4, -0.2) is 17.8 Å². The first-order valence-corrected chi connectivity index (χ1v) is 6.30. The molecule has 2 fully saturated rings. The molecule has 0 aromatic heterocycles. The largest absolute Gasteiger partial charge is 0.335 e. The van der Waals surface area contributed by atoms with Crippen molar-refractivity contribution in [2.45, 2.75) is 19.8 Å². The minimum atomic E-state index is -1.05. The number of anilines is 1. The van der Waals surface area contributed by atoms with Crippen LogP contribution in [0.2, 0.25) is 5.02 Å². The highest BCUT2D eigenvalue weighted by Crippen LogP contribution is 2.50. The van der Waals surface area contributed by atoms with Crippen molar-refractivity contribution < 1.29 is 14.4 Å². The number of carbonyl (C=O) groups excluding carboxylic acids is 3. The SMILES string of the molecule is Cc1ccc(N2C(=O)NC(=O)C3(CC3)C2=O)c(Cl)c1. The van der Waals surface area contributed by atoms with Crippen LogP contribution in [0.1, 0.15) is 18.4 Å². The monoisotopic (exact) mass is 278 g/mol. The minimum absolute atomic E-state index is 0.313. The number of hydrogen-bond acceptors (Lipinski definition) is 3. The third-order valence-corrected chi connectivity index (χ3v) is 3.87. The summed E-state index contributed by atoms with van der Waals surface area (Å²) in [5.74, 6) is -0.978. The van der Waals surface area contributed by atoms with Gasteiger partial charge in [-0.15, -0.1) is 0 Å². The lowest BCUT2D eigenvalue weighted by Crippen LogP contribution is -2.59. The quantitative estimate of drug-likeness (QED) is 0.799. The van der Waals surface area contributed by atoms with Crippen molar-refractivity contribution >= 4 is 35.1 Å². The van der Waals surface area contributed by atoms with E-state index in [9.17, 15) is 14.4 Å². The molecule has 4 amide bonds. The summed E-state index contributed by atoms with van der Waals surface area (Å²) in [5, 5.41) is 2.54. The number of nitrogens with one attached hydrogen (secondary N) is 1. The Morgan fingerprint density at radius 2 is 1.95 bits per heavy atom. The molecule has 1 aromatic rings. The van der Waals surface area contributed by atoms with Crippen molar-refractivity contribution in [1.29, 1.82) is 0 Å². The van der Waals surface area contributed by atoms with Crippen LogP contribution in [0.5, 0.6) is 0 Å². The van der Waals surface area contributed by atoms with Crippen LogP contribution in [0.4, 0.5) is 10.5 Å². The molecule has 1 saturated heterocycles. The molecule has 0 atom stereocenters. The van der Waals surface area contributed by atoms with Crippen molar-refractivity contribution in [2.24, 2.45) is 5.41 Å². The molecule has 19 heavy (non-hydrogen) atoms. The van der Waals surface area contributed by atoms with Crippen LogP contribution in [0, 0.1) is 12.3 Å². The number of nitrogens with zero attached hydrogens (tertiary/aromatic N) is 1. The lowest BCUT2D eigenvalue weighted by Gasteiger charge is -2.30. The molecular formula is C13H11ClN2O3. The molecule has 0 unspecified atom stereocenters. The lowest BCUT2D eigenvalue weighted by atomic mass is 10.0. The van der Waals surface area contributed by atoms with Crippen LogP contribution in [0.15, 0.2) is 18.2 Å². The van der Waals surface area contributed by atoms with Crippen LogP contribution in [0.3, 0.4) is 0 Å². The Hall–Kier alpha value is -1.88. The zero-order valence-corrected chi connectivity index (χ0v) is 11.0. The highest BCUT2D eigenvalue weighted by atomic mass is 35.5. The smallest absolute Gasteiger partial charge is 0.276 e. The number of amides is 4. The Kier molecular flexibility index (Phi) is 2.44. The number of imide groups is 2. The van der Waals surface area contributed by atoms with Crippen molar-refractivity contribution in [2.75, 3.05) is 4.90 Å². The molecule has 6 heteroatoms. The van der Waals surface area contributed by atoms with Gasteiger partial charge in [0.05, 0.1) is 10.7 Å². The van der Waals surface area contributed by atoms with E-state index in [1.54, 1.807) is 18.2 Å². The van der Waals surface area contributed by atoms with E-state index in [1.807, 2.05) is 6.92 Å². The average Bonchev–Trinajstić information content (AvgIpc) is 3.11. The maximum Gasteiger partial charge on any atom is 0.335 e. The third kappa shape index (κ3) is 1.65. The molecule has 1 heterocycles. The molecule has 3 rings (SSSR count). The first-order valence-electron chi connectivity index (χ1n) is 5.92. The summed E-state index contributed by atoms with van der Waals surface area (Å²) >= 11 is 6.08. The van der Waals surface area contributed by atoms with E-state index < -0.39 is 23.3 Å². The van der Waals surface area contributed by atoms with Crippen molar-refractivity contribution in [3.63, 3.8) is 0 Å². The second kappa shape index (κ2) is 3.81. The summed E-state index contributed by atoms with van der Waals surface area (Å²) in [5.41, 5.74) is 0.187. The first-order chi connectivity index (χ1) is 8.95. The van der Waals surface area contributed by atoms with Gasteiger partial charge in [0.2, 0.25) is 5.91 Å². The molecule has 5 nitrogen and oxygen atoms in total. The molecular weight excluding hydrogens is 268 g/mol. The molecule has 2 aliphatic rings. The van der Waals surface area contributed by atoms with E-state index in [1.165, 1.54) is 0 Å². The summed E-state index contributed by atoms with van der Waals surface area (Å²) < 4.78 is 0. The number of carbonyl (C=O) groups is 3. The Balaban J connectivity index is 2.06. The van der Waals surface area contributed by atoms with Gasteiger partial charge in [-0.25, -0.2) is 9.69 Å². The summed E-state index contributed by atoms with van der Waals surface area (Å²) in [4.78, 5) is 36.9. The summed E-state index contributed by atoms with van der Waals surface area (Å²) in [6, 6.07) is 4.31. The minimum Gasteiger partial charge on any atom is -0.276 e. The zero-order valence-electron chi connectivity index (χ0n) is 10.2. The van der Waals surface area contributed by atoms with Gasteiger partial charge < -0.3 is 0 Å². The Morgan fingerprint density at radius 3 is 2.53 bits per heavy atom. The zero-order chi connectivity index (χ0) is 13.8. The topological polar surface area (TPSA) is 66.5 Å². The molecule has 1 saturated carbocycles. The van der Waals surface area contributed by atoms with Gasteiger partial charge in [-0.05, 0) is 37.5 Å². The van der Waals surface area contributed by atoms with E-state index in [4.69, 9.17) is 11.6 Å². The number of hydrogen-bond donors (Lipinski definition) is 1. The van der Waals surface area contributed by atoms with Crippen molar-refractivity contribution in [3.8, 4) is 0 Å². The molecule has 0 bridgehead atoms. The number of urea groups is 1. The Bertz CT molecular complexity index is 622. The fourth-order valence-corrected chi connectivity index (χ4v) is 2.57. The molecule has 1 spiro atoms. The van der Waals surface area contributed by atoms with E-state index >= 15 is 0 Å². The van der Waals surface area contributed by atoms with Gasteiger partial charge in [-0.3, -0.25) is 14.9 Å². The number of aryl methyl sites for hydroxylation is 1. The highest BCUT2D eigenvalue weighted by molar-refractivity contribution is 6.37. The van der Waals surface area contributed by atoms with E-state index in [0.29, 0.717) is 23.6 Å². The Morgan fingerprint density at radius 1 is 1.26 bits per heavy atom. The van der Waals surface area contributed by atoms with Gasteiger partial charge in [0.25, 0.3) is 5.91 Å². The highest BCUT2D eigenvalue weighted by Gasteiger charge is 2.62. The number of rotatable bonds is 1. The normalized spacial score (nSPS) is 20.7. The molecule has 1 aromatic carbocycles. The van der Waals surface area contributed by atoms with Gasteiger partial charge in [0, 0.05) is 0 Å². The average molecular weight is 279 g/mol. The van der Waals surface area contributed by atoms with Gasteiger partial charge >= 0.3 is 6.03 Å². The van der Waals surface area contributed by atoms with Crippen LogP contribution in [0.25, 0.3) is 0 Å². The summed E-state index contributed by atoms with van der Waals surface area (Å²) in [6.07, 6.45) is 0.954. The summed E-state index contributed by atoms with van der Waals surface area (Å²) in [7, 11) is 0. The molecule has 1 N–H and O–H groups in total.